The van der Waals surface area contributed by atoms with Gasteiger partial charge in [-0.1, -0.05) is 36.4 Å². The van der Waals surface area contributed by atoms with Gasteiger partial charge in [-0.25, -0.2) is 4.98 Å². The van der Waals surface area contributed by atoms with E-state index in [0.717, 1.165) is 27.5 Å². The van der Waals surface area contributed by atoms with Crippen molar-refractivity contribution in [2.75, 3.05) is 18.6 Å². The van der Waals surface area contributed by atoms with Gasteiger partial charge in [-0.2, -0.15) is 0 Å². The number of rotatable bonds is 5. The second-order valence-corrected chi connectivity index (χ2v) is 9.01. The number of hydrogen-bond acceptors (Lipinski definition) is 5. The van der Waals surface area contributed by atoms with Crippen LogP contribution >= 0.6 is 11.3 Å². The third-order valence-corrected chi connectivity index (χ3v) is 6.85. The van der Waals surface area contributed by atoms with E-state index < -0.39 is 6.04 Å². The van der Waals surface area contributed by atoms with Crippen molar-refractivity contribution in [1.29, 1.82) is 0 Å². The number of likely N-dealkylation sites (tertiary alicyclic amines) is 1. The number of aromatic nitrogens is 1. The lowest BCUT2D eigenvalue weighted by atomic mass is 10.0. The Morgan fingerprint density at radius 3 is 2.68 bits per heavy atom. The summed E-state index contributed by atoms with van der Waals surface area (Å²) in [6.45, 7) is 2.46. The molecule has 6 nitrogen and oxygen atoms in total. The molecule has 158 valence electrons. The van der Waals surface area contributed by atoms with Gasteiger partial charge in [-0.15, -0.1) is 11.3 Å². The Balaban J connectivity index is 1.40. The fourth-order valence-corrected chi connectivity index (χ4v) is 5.21. The minimum Gasteiger partial charge on any atom is -0.495 e. The molecule has 2 amide bonds. The van der Waals surface area contributed by atoms with Gasteiger partial charge in [0.1, 0.15) is 11.8 Å². The number of amides is 2. The number of ether oxygens (including phenoxy) is 1. The molecular weight excluding hydrogens is 410 g/mol. The number of aryl methyl sites for hydroxylation is 1. The summed E-state index contributed by atoms with van der Waals surface area (Å²) in [6.07, 6.45) is 0.896. The Bertz CT molecular complexity index is 1140. The van der Waals surface area contributed by atoms with Gasteiger partial charge in [-0.05, 0) is 36.6 Å². The minimum absolute atomic E-state index is 0.0317. The van der Waals surface area contributed by atoms with Crippen LogP contribution in [-0.4, -0.2) is 47.4 Å². The molecule has 0 saturated carbocycles. The maximum atomic E-state index is 13.3. The molecule has 2 bridgehead atoms. The van der Waals surface area contributed by atoms with Crippen LogP contribution in [0.2, 0.25) is 0 Å². The molecule has 3 heterocycles. The SMILES string of the molecule is COc1ccc(-c2ccccc2)cc1N1C(=O)[C@@H]2C[C@H]1CN2C(=O)Cc1csc(C)n1. The molecule has 0 N–H and O–H groups in total. The number of methoxy groups -OCH3 is 1. The van der Waals surface area contributed by atoms with E-state index in [1.165, 1.54) is 11.3 Å². The van der Waals surface area contributed by atoms with Crippen molar-refractivity contribution < 1.29 is 14.3 Å². The van der Waals surface area contributed by atoms with Crippen molar-refractivity contribution in [1.82, 2.24) is 9.88 Å². The first-order chi connectivity index (χ1) is 15.0. The van der Waals surface area contributed by atoms with Crippen molar-refractivity contribution in [3.05, 3.63) is 64.6 Å². The van der Waals surface area contributed by atoms with Gasteiger partial charge in [0, 0.05) is 11.9 Å². The monoisotopic (exact) mass is 433 g/mol. The Kier molecular flexibility index (Phi) is 4.98. The number of piperazine rings is 1. The van der Waals surface area contributed by atoms with E-state index in [2.05, 4.69) is 4.98 Å². The van der Waals surface area contributed by atoms with Gasteiger partial charge >= 0.3 is 0 Å². The van der Waals surface area contributed by atoms with Gasteiger partial charge in [0.25, 0.3) is 0 Å². The molecule has 3 aromatic rings. The summed E-state index contributed by atoms with van der Waals surface area (Å²) < 4.78 is 5.58. The highest BCUT2D eigenvalue weighted by atomic mass is 32.1. The standard InChI is InChI=1S/C24H23N3O3S/c1-15-25-18(14-31-15)11-23(28)26-13-19-12-21(26)24(29)27(19)20-10-17(8-9-22(20)30-2)16-6-4-3-5-7-16/h3-10,14,19,21H,11-13H2,1-2H3/t19-,21-/m0/s1. The summed E-state index contributed by atoms with van der Waals surface area (Å²) in [5.41, 5.74) is 3.65. The topological polar surface area (TPSA) is 62.7 Å². The smallest absolute Gasteiger partial charge is 0.250 e. The number of nitrogens with zero attached hydrogens (tertiary/aromatic N) is 3. The van der Waals surface area contributed by atoms with Crippen molar-refractivity contribution in [2.45, 2.75) is 31.8 Å². The fraction of sp³-hybridized carbons (Fsp3) is 0.292. The van der Waals surface area contributed by atoms with Crippen LogP contribution in [0.4, 0.5) is 5.69 Å². The number of fused-ring (bicyclic) bond motifs is 2. The summed E-state index contributed by atoms with van der Waals surface area (Å²) in [7, 11) is 1.62. The first kappa shape index (κ1) is 19.8. The zero-order chi connectivity index (χ0) is 21.5. The number of benzene rings is 2. The summed E-state index contributed by atoms with van der Waals surface area (Å²) in [6, 6.07) is 15.5. The third-order valence-electron chi connectivity index (χ3n) is 6.03. The second kappa shape index (κ2) is 7.81. The van der Waals surface area contributed by atoms with Gasteiger partial charge < -0.3 is 14.5 Å². The quantitative estimate of drug-likeness (QED) is 0.616. The van der Waals surface area contributed by atoms with Gasteiger partial charge in [-0.3, -0.25) is 9.59 Å². The van der Waals surface area contributed by atoms with Crippen LogP contribution in [0.5, 0.6) is 5.75 Å². The number of anilines is 1. The predicted octanol–water partition coefficient (Wildman–Crippen LogP) is 3.69. The van der Waals surface area contributed by atoms with E-state index in [1.54, 1.807) is 12.0 Å². The van der Waals surface area contributed by atoms with E-state index in [4.69, 9.17) is 4.74 Å². The first-order valence-electron chi connectivity index (χ1n) is 10.3. The Labute approximate surface area is 185 Å². The van der Waals surface area contributed by atoms with Crippen LogP contribution in [0.25, 0.3) is 11.1 Å². The number of carbonyl (C=O) groups is 2. The molecule has 2 saturated heterocycles. The first-order valence-corrected chi connectivity index (χ1v) is 11.2. The van der Waals surface area contributed by atoms with E-state index in [1.807, 2.05) is 65.7 Å². The molecule has 0 unspecified atom stereocenters. The Morgan fingerprint density at radius 1 is 1.19 bits per heavy atom. The van der Waals surface area contributed by atoms with Crippen LogP contribution in [0.1, 0.15) is 17.1 Å². The molecule has 2 aliphatic rings. The highest BCUT2D eigenvalue weighted by molar-refractivity contribution is 7.09. The lowest BCUT2D eigenvalue weighted by molar-refractivity contribution is -0.137. The number of carbonyl (C=O) groups excluding carboxylic acids is 2. The van der Waals surface area contributed by atoms with E-state index >= 15 is 0 Å². The third kappa shape index (κ3) is 3.49. The molecule has 1 aromatic heterocycles. The summed E-state index contributed by atoms with van der Waals surface area (Å²) in [4.78, 5) is 34.1. The Hall–Kier alpha value is -3.19. The second-order valence-electron chi connectivity index (χ2n) is 7.95. The number of thiazole rings is 1. The lowest BCUT2D eigenvalue weighted by Crippen LogP contribution is -2.53. The minimum atomic E-state index is -0.415. The largest absolute Gasteiger partial charge is 0.495 e. The van der Waals surface area contributed by atoms with E-state index in [-0.39, 0.29) is 24.3 Å². The van der Waals surface area contributed by atoms with Crippen molar-refractivity contribution in [2.24, 2.45) is 0 Å². The predicted molar refractivity (Wildman–Crippen MR) is 120 cm³/mol. The molecule has 2 fully saturated rings. The van der Waals surface area contributed by atoms with Crippen LogP contribution in [0, 0.1) is 6.92 Å². The highest BCUT2D eigenvalue weighted by Gasteiger charge is 2.52. The molecule has 0 aliphatic carbocycles. The van der Waals surface area contributed by atoms with Crippen molar-refractivity contribution in [3.63, 3.8) is 0 Å². The lowest BCUT2D eigenvalue weighted by Gasteiger charge is -2.34. The van der Waals surface area contributed by atoms with Gasteiger partial charge in [0.2, 0.25) is 11.8 Å². The molecule has 0 spiro atoms. The molecule has 2 aliphatic heterocycles. The molecular formula is C24H23N3O3S. The van der Waals surface area contributed by atoms with Gasteiger partial charge in [0.05, 0.1) is 36.0 Å². The molecule has 7 heteroatoms. The fourth-order valence-electron chi connectivity index (χ4n) is 4.60. The molecule has 2 aromatic carbocycles. The molecule has 0 radical (unpaired) electrons. The van der Waals surface area contributed by atoms with Crippen LogP contribution in [0.15, 0.2) is 53.9 Å². The van der Waals surface area contributed by atoms with Crippen molar-refractivity contribution in [3.8, 4) is 16.9 Å². The summed E-state index contributed by atoms with van der Waals surface area (Å²) in [5.74, 6) is 0.592. The average molecular weight is 434 g/mol. The normalized spacial score (nSPS) is 19.9. The highest BCUT2D eigenvalue weighted by Crippen LogP contribution is 2.41. The zero-order valence-corrected chi connectivity index (χ0v) is 18.3. The van der Waals surface area contributed by atoms with E-state index in [0.29, 0.717) is 18.7 Å². The molecule has 31 heavy (non-hydrogen) atoms. The summed E-state index contributed by atoms with van der Waals surface area (Å²) in [5, 5.41) is 2.86. The van der Waals surface area contributed by atoms with E-state index in [9.17, 15) is 9.59 Å². The molecule has 5 rings (SSSR count). The van der Waals surface area contributed by atoms with Crippen molar-refractivity contribution >= 4 is 28.8 Å². The summed E-state index contributed by atoms with van der Waals surface area (Å²) >= 11 is 1.54. The Morgan fingerprint density at radius 2 is 2.00 bits per heavy atom. The van der Waals surface area contributed by atoms with Gasteiger partial charge in [0.15, 0.2) is 0 Å². The number of hydrogen-bond donors (Lipinski definition) is 0. The van der Waals surface area contributed by atoms with Crippen LogP contribution in [-0.2, 0) is 16.0 Å². The van der Waals surface area contributed by atoms with Crippen LogP contribution < -0.4 is 9.64 Å². The zero-order valence-electron chi connectivity index (χ0n) is 17.4. The maximum Gasteiger partial charge on any atom is 0.250 e. The van der Waals surface area contributed by atoms with Crippen LogP contribution in [0.3, 0.4) is 0 Å². The average Bonchev–Trinajstić information content (AvgIpc) is 3.48. The maximum absolute atomic E-state index is 13.3. The molecule has 2 atom stereocenters.